The lowest BCUT2D eigenvalue weighted by molar-refractivity contribution is -0.144. The zero-order valence-corrected chi connectivity index (χ0v) is 28.8. The minimum Gasteiger partial charge on any atom is -0.493 e. The van der Waals surface area contributed by atoms with E-state index in [1.807, 2.05) is 6.07 Å². The van der Waals surface area contributed by atoms with E-state index in [4.69, 9.17) is 18.9 Å². The van der Waals surface area contributed by atoms with E-state index in [-0.39, 0.29) is 11.9 Å². The van der Waals surface area contributed by atoms with Gasteiger partial charge in [0.1, 0.15) is 11.5 Å². The van der Waals surface area contributed by atoms with Gasteiger partial charge in [-0.1, -0.05) is 90.9 Å². The SMILES string of the molecule is CCCCCC(=O)OCCCCCCCCOc1cc(CN(C)C)cc(OCCCCCCCCOC(=O)CCCCC)c1. The average molecular weight is 620 g/mol. The minimum absolute atomic E-state index is 0.0455. The summed E-state index contributed by atoms with van der Waals surface area (Å²) >= 11 is 0. The molecule has 1 rings (SSSR count). The standard InChI is InChI=1S/C37H65NO6/c1-5-7-17-23-36(39)43-27-21-15-11-9-13-19-25-41-34-29-33(32-38(3)4)30-35(31-34)42-26-20-14-10-12-16-22-28-44-37(40)24-18-8-6-2/h29-31H,5-28,32H2,1-4H3. The van der Waals surface area contributed by atoms with Crippen molar-refractivity contribution in [1.29, 1.82) is 0 Å². The molecule has 0 atom stereocenters. The van der Waals surface area contributed by atoms with E-state index >= 15 is 0 Å². The first kappa shape index (κ1) is 39.7. The molecule has 254 valence electrons. The molecule has 0 heterocycles. The van der Waals surface area contributed by atoms with Gasteiger partial charge in [0.2, 0.25) is 0 Å². The molecular formula is C37H65NO6. The lowest BCUT2D eigenvalue weighted by atomic mass is 10.1. The van der Waals surface area contributed by atoms with Crippen LogP contribution in [0.1, 0.15) is 148 Å². The highest BCUT2D eigenvalue weighted by atomic mass is 16.5. The lowest BCUT2D eigenvalue weighted by Crippen LogP contribution is -2.11. The second kappa shape index (κ2) is 28.2. The maximum absolute atomic E-state index is 11.6. The van der Waals surface area contributed by atoms with Crippen LogP contribution in [0, 0.1) is 0 Å². The molecule has 0 aliphatic heterocycles. The minimum atomic E-state index is -0.0455. The lowest BCUT2D eigenvalue weighted by Gasteiger charge is -2.15. The van der Waals surface area contributed by atoms with Gasteiger partial charge >= 0.3 is 11.9 Å². The second-order valence-corrected chi connectivity index (χ2v) is 12.3. The van der Waals surface area contributed by atoms with Gasteiger partial charge in [-0.25, -0.2) is 0 Å². The van der Waals surface area contributed by atoms with Crippen LogP contribution in [0.15, 0.2) is 18.2 Å². The van der Waals surface area contributed by atoms with Crippen LogP contribution in [0.5, 0.6) is 11.5 Å². The Balaban J connectivity index is 2.16. The summed E-state index contributed by atoms with van der Waals surface area (Å²) in [5, 5.41) is 0. The van der Waals surface area contributed by atoms with E-state index in [1.54, 1.807) is 0 Å². The van der Waals surface area contributed by atoms with Crippen LogP contribution < -0.4 is 9.47 Å². The molecule has 0 bridgehead atoms. The highest BCUT2D eigenvalue weighted by Crippen LogP contribution is 2.25. The number of hydrogen-bond donors (Lipinski definition) is 0. The van der Waals surface area contributed by atoms with Crippen LogP contribution >= 0.6 is 0 Å². The number of carbonyl (C=O) groups excluding carboxylic acids is 2. The fourth-order valence-electron chi connectivity index (χ4n) is 5.01. The van der Waals surface area contributed by atoms with Crippen molar-refractivity contribution in [2.45, 2.75) is 149 Å². The van der Waals surface area contributed by atoms with Crippen molar-refractivity contribution < 1.29 is 28.5 Å². The van der Waals surface area contributed by atoms with Gasteiger partial charge in [-0.3, -0.25) is 9.59 Å². The molecular weight excluding hydrogens is 554 g/mol. The van der Waals surface area contributed by atoms with Crippen molar-refractivity contribution in [2.24, 2.45) is 0 Å². The molecule has 0 fully saturated rings. The average Bonchev–Trinajstić information content (AvgIpc) is 2.99. The highest BCUT2D eigenvalue weighted by molar-refractivity contribution is 5.69. The van der Waals surface area contributed by atoms with E-state index in [0.717, 1.165) is 121 Å². The Bertz CT molecular complexity index is 783. The van der Waals surface area contributed by atoms with Crippen molar-refractivity contribution in [1.82, 2.24) is 4.90 Å². The molecule has 0 aromatic heterocycles. The Morgan fingerprint density at radius 3 is 1.30 bits per heavy atom. The summed E-state index contributed by atoms with van der Waals surface area (Å²) in [5.74, 6) is 1.67. The number of esters is 2. The van der Waals surface area contributed by atoms with Crippen LogP contribution in [0.25, 0.3) is 0 Å². The molecule has 0 amide bonds. The number of benzene rings is 1. The summed E-state index contributed by atoms with van der Waals surface area (Å²) in [6.07, 6.45) is 20.6. The van der Waals surface area contributed by atoms with E-state index in [2.05, 4.69) is 45.0 Å². The molecule has 0 radical (unpaired) electrons. The predicted octanol–water partition coefficient (Wildman–Crippen LogP) is 9.43. The molecule has 0 spiro atoms. The first-order valence-corrected chi connectivity index (χ1v) is 17.8. The van der Waals surface area contributed by atoms with Gasteiger partial charge < -0.3 is 23.8 Å². The predicted molar refractivity (Wildman–Crippen MR) is 180 cm³/mol. The zero-order valence-electron chi connectivity index (χ0n) is 28.8. The first-order chi connectivity index (χ1) is 21.4. The fourth-order valence-corrected chi connectivity index (χ4v) is 5.01. The third-order valence-electron chi connectivity index (χ3n) is 7.55. The van der Waals surface area contributed by atoms with Gasteiger partial charge in [0.05, 0.1) is 26.4 Å². The van der Waals surface area contributed by atoms with Gasteiger partial charge in [0.25, 0.3) is 0 Å². The van der Waals surface area contributed by atoms with E-state index < -0.39 is 0 Å². The number of hydrogen-bond acceptors (Lipinski definition) is 7. The molecule has 7 heteroatoms. The van der Waals surface area contributed by atoms with Crippen LogP contribution in [0.3, 0.4) is 0 Å². The van der Waals surface area contributed by atoms with Crippen LogP contribution in [0.4, 0.5) is 0 Å². The van der Waals surface area contributed by atoms with Crippen molar-refractivity contribution in [3.63, 3.8) is 0 Å². The summed E-state index contributed by atoms with van der Waals surface area (Å²) < 4.78 is 22.9. The monoisotopic (exact) mass is 619 g/mol. The molecule has 0 saturated carbocycles. The van der Waals surface area contributed by atoms with Crippen molar-refractivity contribution in [3.8, 4) is 11.5 Å². The van der Waals surface area contributed by atoms with E-state index in [1.165, 1.54) is 18.4 Å². The summed E-state index contributed by atoms with van der Waals surface area (Å²) in [4.78, 5) is 25.5. The topological polar surface area (TPSA) is 74.3 Å². The number of nitrogens with zero attached hydrogens (tertiary/aromatic N) is 1. The van der Waals surface area contributed by atoms with Crippen molar-refractivity contribution in [2.75, 3.05) is 40.5 Å². The van der Waals surface area contributed by atoms with Gasteiger partial charge in [0, 0.05) is 25.5 Å². The zero-order chi connectivity index (χ0) is 32.1. The van der Waals surface area contributed by atoms with Crippen LogP contribution in [0.2, 0.25) is 0 Å². The highest BCUT2D eigenvalue weighted by Gasteiger charge is 2.06. The van der Waals surface area contributed by atoms with Crippen LogP contribution in [-0.2, 0) is 25.6 Å². The van der Waals surface area contributed by atoms with E-state index in [0.29, 0.717) is 39.3 Å². The third kappa shape index (κ3) is 24.1. The smallest absolute Gasteiger partial charge is 0.305 e. The quantitative estimate of drug-likeness (QED) is 0.0627. The summed E-state index contributed by atoms with van der Waals surface area (Å²) in [5.41, 5.74) is 1.19. The number of unbranched alkanes of at least 4 members (excludes halogenated alkanes) is 14. The summed E-state index contributed by atoms with van der Waals surface area (Å²) in [7, 11) is 4.15. The van der Waals surface area contributed by atoms with Gasteiger partial charge in [-0.2, -0.15) is 0 Å². The molecule has 7 nitrogen and oxygen atoms in total. The molecule has 44 heavy (non-hydrogen) atoms. The maximum Gasteiger partial charge on any atom is 0.305 e. The Labute approximate surface area is 269 Å². The Morgan fingerprint density at radius 1 is 0.523 bits per heavy atom. The van der Waals surface area contributed by atoms with Gasteiger partial charge in [0.15, 0.2) is 0 Å². The van der Waals surface area contributed by atoms with Crippen LogP contribution in [-0.4, -0.2) is 57.4 Å². The molecule has 0 N–H and O–H groups in total. The molecule has 0 aliphatic carbocycles. The number of ether oxygens (including phenoxy) is 4. The normalized spacial score (nSPS) is 11.1. The maximum atomic E-state index is 11.6. The van der Waals surface area contributed by atoms with E-state index in [9.17, 15) is 9.59 Å². The molecule has 0 saturated heterocycles. The Hall–Kier alpha value is -2.28. The second-order valence-electron chi connectivity index (χ2n) is 12.3. The number of rotatable bonds is 30. The number of carbonyl (C=O) groups is 2. The van der Waals surface area contributed by atoms with Crippen molar-refractivity contribution in [3.05, 3.63) is 23.8 Å². The Kier molecular flexibility index (Phi) is 25.5. The molecule has 0 unspecified atom stereocenters. The summed E-state index contributed by atoms with van der Waals surface area (Å²) in [6, 6.07) is 6.27. The molecule has 0 aliphatic rings. The van der Waals surface area contributed by atoms with Gasteiger partial charge in [-0.15, -0.1) is 0 Å². The van der Waals surface area contributed by atoms with Crippen molar-refractivity contribution >= 4 is 11.9 Å². The third-order valence-corrected chi connectivity index (χ3v) is 7.55. The Morgan fingerprint density at radius 2 is 0.909 bits per heavy atom. The largest absolute Gasteiger partial charge is 0.493 e. The first-order valence-electron chi connectivity index (χ1n) is 17.8. The fraction of sp³-hybridized carbons (Fsp3) is 0.784. The van der Waals surface area contributed by atoms with Gasteiger partial charge in [-0.05, 0) is 70.3 Å². The molecule has 1 aromatic rings. The molecule has 1 aromatic carbocycles. The summed E-state index contributed by atoms with van der Waals surface area (Å²) in [6.45, 7) is 7.65.